The van der Waals surface area contributed by atoms with Crippen molar-refractivity contribution < 1.29 is 0 Å². The van der Waals surface area contributed by atoms with E-state index in [1.54, 1.807) is 11.3 Å². The first-order valence-electron chi connectivity index (χ1n) is 6.00. The Kier molecular flexibility index (Phi) is 4.38. The van der Waals surface area contributed by atoms with Crippen molar-refractivity contribution in [3.05, 3.63) is 50.9 Å². The SMILES string of the molecule is Cc1csc(C(C)NC(C)c2ccccc2Cl)n1. The van der Waals surface area contributed by atoms with Gasteiger partial charge in [0.25, 0.3) is 0 Å². The van der Waals surface area contributed by atoms with Gasteiger partial charge in [-0.15, -0.1) is 11.3 Å². The molecule has 1 aromatic carbocycles. The third kappa shape index (κ3) is 3.10. The van der Waals surface area contributed by atoms with Crippen LogP contribution in [0.25, 0.3) is 0 Å². The van der Waals surface area contributed by atoms with Crippen molar-refractivity contribution in [1.82, 2.24) is 10.3 Å². The lowest BCUT2D eigenvalue weighted by atomic mass is 10.1. The average Bonchev–Trinajstić information content (AvgIpc) is 2.76. The van der Waals surface area contributed by atoms with E-state index < -0.39 is 0 Å². The second-order valence-corrected chi connectivity index (χ2v) is 5.76. The van der Waals surface area contributed by atoms with Crippen molar-refractivity contribution in [2.24, 2.45) is 0 Å². The van der Waals surface area contributed by atoms with E-state index in [2.05, 4.69) is 35.6 Å². The Hall–Kier alpha value is -0.900. The Morgan fingerprint density at radius 1 is 1.22 bits per heavy atom. The van der Waals surface area contributed by atoms with Crippen LogP contribution in [0.4, 0.5) is 0 Å². The van der Waals surface area contributed by atoms with Gasteiger partial charge in [0, 0.05) is 22.1 Å². The van der Waals surface area contributed by atoms with Crippen molar-refractivity contribution in [1.29, 1.82) is 0 Å². The van der Waals surface area contributed by atoms with Crippen LogP contribution in [-0.4, -0.2) is 4.98 Å². The lowest BCUT2D eigenvalue weighted by molar-refractivity contribution is 0.493. The fraction of sp³-hybridized carbons (Fsp3) is 0.357. The summed E-state index contributed by atoms with van der Waals surface area (Å²) in [6, 6.07) is 8.38. The summed E-state index contributed by atoms with van der Waals surface area (Å²) in [6.07, 6.45) is 0. The minimum Gasteiger partial charge on any atom is -0.301 e. The number of aryl methyl sites for hydroxylation is 1. The number of benzene rings is 1. The fourth-order valence-electron chi connectivity index (χ4n) is 1.93. The largest absolute Gasteiger partial charge is 0.301 e. The molecule has 0 radical (unpaired) electrons. The van der Waals surface area contributed by atoms with Gasteiger partial charge in [-0.1, -0.05) is 29.8 Å². The Morgan fingerprint density at radius 3 is 2.56 bits per heavy atom. The van der Waals surface area contributed by atoms with E-state index in [1.807, 2.05) is 25.1 Å². The predicted molar refractivity (Wildman–Crippen MR) is 78.3 cm³/mol. The number of rotatable bonds is 4. The first kappa shape index (κ1) is 13.5. The van der Waals surface area contributed by atoms with Crippen molar-refractivity contribution in [2.75, 3.05) is 0 Å². The third-order valence-electron chi connectivity index (χ3n) is 2.88. The molecule has 4 heteroatoms. The monoisotopic (exact) mass is 280 g/mol. The third-order valence-corrected chi connectivity index (χ3v) is 4.37. The summed E-state index contributed by atoms with van der Waals surface area (Å²) < 4.78 is 0. The van der Waals surface area contributed by atoms with Gasteiger partial charge in [-0.25, -0.2) is 4.98 Å². The van der Waals surface area contributed by atoms with Crippen LogP contribution in [0.5, 0.6) is 0 Å². The smallest absolute Gasteiger partial charge is 0.110 e. The number of nitrogens with one attached hydrogen (secondary N) is 1. The molecule has 0 bridgehead atoms. The van der Waals surface area contributed by atoms with Gasteiger partial charge in [-0.05, 0) is 32.4 Å². The van der Waals surface area contributed by atoms with Crippen LogP contribution in [-0.2, 0) is 0 Å². The molecule has 0 saturated heterocycles. The maximum atomic E-state index is 6.20. The van der Waals surface area contributed by atoms with Crippen molar-refractivity contribution in [2.45, 2.75) is 32.9 Å². The van der Waals surface area contributed by atoms with Gasteiger partial charge in [0.15, 0.2) is 0 Å². The zero-order valence-electron chi connectivity index (χ0n) is 10.8. The highest BCUT2D eigenvalue weighted by molar-refractivity contribution is 7.09. The van der Waals surface area contributed by atoms with Gasteiger partial charge in [-0.3, -0.25) is 0 Å². The standard InChI is InChI=1S/C14H17ClN2S/c1-9-8-18-14(16-9)11(3)17-10(2)12-6-4-5-7-13(12)15/h4-8,10-11,17H,1-3H3. The molecule has 0 saturated carbocycles. The van der Waals surface area contributed by atoms with E-state index in [9.17, 15) is 0 Å². The van der Waals surface area contributed by atoms with Crippen molar-refractivity contribution in [3.63, 3.8) is 0 Å². The second-order valence-electron chi connectivity index (χ2n) is 4.46. The molecular weight excluding hydrogens is 264 g/mol. The highest BCUT2D eigenvalue weighted by atomic mass is 35.5. The minimum absolute atomic E-state index is 0.206. The molecule has 2 atom stereocenters. The van der Waals surface area contributed by atoms with Gasteiger partial charge in [0.1, 0.15) is 5.01 Å². The topological polar surface area (TPSA) is 24.9 Å². The summed E-state index contributed by atoms with van der Waals surface area (Å²) in [5, 5.41) is 7.53. The molecular formula is C14H17ClN2S. The molecule has 0 aliphatic carbocycles. The quantitative estimate of drug-likeness (QED) is 0.891. The first-order valence-corrected chi connectivity index (χ1v) is 7.26. The zero-order valence-corrected chi connectivity index (χ0v) is 12.3. The number of thiazole rings is 1. The van der Waals surface area contributed by atoms with Crippen LogP contribution in [0.1, 0.15) is 42.2 Å². The van der Waals surface area contributed by atoms with Gasteiger partial charge in [0.2, 0.25) is 0 Å². The second kappa shape index (κ2) is 5.83. The number of halogens is 1. The summed E-state index contributed by atoms with van der Waals surface area (Å²) in [4.78, 5) is 4.50. The summed E-state index contributed by atoms with van der Waals surface area (Å²) in [5.74, 6) is 0. The molecule has 0 amide bonds. The molecule has 0 spiro atoms. The van der Waals surface area contributed by atoms with Gasteiger partial charge in [-0.2, -0.15) is 0 Å². The maximum absolute atomic E-state index is 6.20. The zero-order chi connectivity index (χ0) is 13.1. The van der Waals surface area contributed by atoms with Crippen LogP contribution in [0.2, 0.25) is 5.02 Å². The molecule has 2 aromatic rings. The molecule has 2 unspecified atom stereocenters. The van der Waals surface area contributed by atoms with Crippen LogP contribution in [0.15, 0.2) is 29.6 Å². The van der Waals surface area contributed by atoms with Crippen molar-refractivity contribution >= 4 is 22.9 Å². The molecule has 2 rings (SSSR count). The summed E-state index contributed by atoms with van der Waals surface area (Å²) in [5.41, 5.74) is 2.20. The number of aromatic nitrogens is 1. The normalized spacial score (nSPS) is 14.4. The Bertz CT molecular complexity index is 524. The molecule has 1 heterocycles. The Balaban J connectivity index is 2.08. The molecule has 1 N–H and O–H groups in total. The number of nitrogens with zero attached hydrogens (tertiary/aromatic N) is 1. The lowest BCUT2D eigenvalue weighted by Crippen LogP contribution is -2.22. The van der Waals surface area contributed by atoms with Crippen LogP contribution in [0, 0.1) is 6.92 Å². The summed E-state index contributed by atoms with van der Waals surface area (Å²) in [6.45, 7) is 6.27. The lowest BCUT2D eigenvalue weighted by Gasteiger charge is -2.19. The van der Waals surface area contributed by atoms with E-state index in [0.29, 0.717) is 0 Å². The molecule has 2 nitrogen and oxygen atoms in total. The number of hydrogen-bond donors (Lipinski definition) is 1. The van der Waals surface area contributed by atoms with E-state index in [4.69, 9.17) is 11.6 Å². The van der Waals surface area contributed by atoms with Crippen LogP contribution < -0.4 is 5.32 Å². The highest BCUT2D eigenvalue weighted by Gasteiger charge is 2.15. The summed E-state index contributed by atoms with van der Waals surface area (Å²) in [7, 11) is 0. The fourth-order valence-corrected chi connectivity index (χ4v) is 3.05. The predicted octanol–water partition coefficient (Wildman–Crippen LogP) is 4.52. The van der Waals surface area contributed by atoms with Gasteiger partial charge >= 0.3 is 0 Å². The highest BCUT2D eigenvalue weighted by Crippen LogP contribution is 2.26. The molecule has 1 aromatic heterocycles. The Morgan fingerprint density at radius 2 is 1.94 bits per heavy atom. The Labute approximate surface area is 117 Å². The van der Waals surface area contributed by atoms with Crippen molar-refractivity contribution in [3.8, 4) is 0 Å². The maximum Gasteiger partial charge on any atom is 0.110 e. The van der Waals surface area contributed by atoms with Gasteiger partial charge in [0.05, 0.1) is 6.04 Å². The number of hydrogen-bond acceptors (Lipinski definition) is 3. The molecule has 18 heavy (non-hydrogen) atoms. The van der Waals surface area contributed by atoms with E-state index >= 15 is 0 Å². The average molecular weight is 281 g/mol. The van der Waals surface area contributed by atoms with Crippen LogP contribution >= 0.6 is 22.9 Å². The molecule has 96 valence electrons. The minimum atomic E-state index is 0.206. The van der Waals surface area contributed by atoms with E-state index in [1.165, 1.54) is 0 Å². The first-order chi connectivity index (χ1) is 8.58. The molecule has 0 fully saturated rings. The van der Waals surface area contributed by atoms with Gasteiger partial charge < -0.3 is 5.32 Å². The van der Waals surface area contributed by atoms with E-state index in [-0.39, 0.29) is 12.1 Å². The molecule has 0 aliphatic rings. The van der Waals surface area contributed by atoms with Crippen LogP contribution in [0.3, 0.4) is 0 Å². The van der Waals surface area contributed by atoms with E-state index in [0.717, 1.165) is 21.3 Å². The summed E-state index contributed by atoms with van der Waals surface area (Å²) >= 11 is 7.89. The molecule has 0 aliphatic heterocycles.